The van der Waals surface area contributed by atoms with Gasteiger partial charge in [0.2, 0.25) is 0 Å². The number of hydrogen-bond donors (Lipinski definition) is 2. The molecule has 13 nitrogen and oxygen atoms in total. The number of Topliss-reactive ketones (excluding diaryl/α,β-unsaturated/α-hetero) is 1. The maximum atomic E-state index is 13.2. The molecule has 0 aromatic heterocycles. The number of para-hydroxylation sites is 1. The number of benzene rings is 1. The number of hydrogen-bond acceptors (Lipinski definition) is 12. The van der Waals surface area contributed by atoms with E-state index in [1.165, 1.54) is 6.07 Å². The molecule has 0 spiro atoms. The molecule has 13 heteroatoms. The molecule has 0 radical (unpaired) electrons. The summed E-state index contributed by atoms with van der Waals surface area (Å²) in [5.41, 5.74) is -1.56. The topological polar surface area (TPSA) is 181 Å². The minimum absolute atomic E-state index is 0.222. The van der Waals surface area contributed by atoms with Gasteiger partial charge in [0.1, 0.15) is 24.6 Å². The van der Waals surface area contributed by atoms with Crippen molar-refractivity contribution < 1.29 is 57.6 Å². The van der Waals surface area contributed by atoms with E-state index < -0.39 is 91.1 Å². The quantitative estimate of drug-likeness (QED) is 0.327. The zero-order valence-corrected chi connectivity index (χ0v) is 21.3. The van der Waals surface area contributed by atoms with Gasteiger partial charge < -0.3 is 34.1 Å². The van der Waals surface area contributed by atoms with E-state index in [4.69, 9.17) is 23.7 Å². The maximum Gasteiger partial charge on any atom is 0.303 e. The van der Waals surface area contributed by atoms with Crippen LogP contribution in [-0.4, -0.2) is 77.8 Å². The van der Waals surface area contributed by atoms with Crippen molar-refractivity contribution >= 4 is 41.3 Å². The summed E-state index contributed by atoms with van der Waals surface area (Å²) in [4.78, 5) is 72.9. The predicted molar refractivity (Wildman–Crippen MR) is 125 cm³/mol. The normalized spacial score (nSPS) is 27.9. The lowest BCUT2D eigenvalue weighted by Crippen LogP contribution is -2.62. The Morgan fingerprint density at radius 3 is 2.00 bits per heavy atom. The molecule has 0 bridgehead atoms. The summed E-state index contributed by atoms with van der Waals surface area (Å²) in [5, 5.41) is 13.6. The number of carbonyl (C=O) groups excluding carboxylic acids is 6. The lowest BCUT2D eigenvalue weighted by molar-refractivity contribution is -0.252. The van der Waals surface area contributed by atoms with E-state index in [1.54, 1.807) is 18.2 Å². The second kappa shape index (κ2) is 11.7. The number of fused-ring (bicyclic) bond motifs is 1. The fraction of sp³-hybridized carbons (Fsp3) is 0.520. The Hall–Kier alpha value is -3.84. The summed E-state index contributed by atoms with van der Waals surface area (Å²) in [7, 11) is 0. The largest absolute Gasteiger partial charge is 0.463 e. The highest BCUT2D eigenvalue weighted by atomic mass is 16.7. The van der Waals surface area contributed by atoms with Gasteiger partial charge in [-0.05, 0) is 6.07 Å². The third-order valence-corrected chi connectivity index (χ3v) is 5.97. The number of nitrogens with one attached hydrogen (secondary N) is 1. The minimum Gasteiger partial charge on any atom is -0.463 e. The van der Waals surface area contributed by atoms with Crippen molar-refractivity contribution in [3.63, 3.8) is 0 Å². The van der Waals surface area contributed by atoms with Crippen molar-refractivity contribution in [2.24, 2.45) is 0 Å². The number of rotatable bonds is 9. The van der Waals surface area contributed by atoms with E-state index in [-0.39, 0.29) is 5.56 Å². The van der Waals surface area contributed by atoms with Gasteiger partial charge in [-0.2, -0.15) is 0 Å². The summed E-state index contributed by atoms with van der Waals surface area (Å²) in [6, 6.07) is 6.35. The Kier molecular flexibility index (Phi) is 8.84. The fourth-order valence-corrected chi connectivity index (χ4v) is 4.54. The average Bonchev–Trinajstić information content (AvgIpc) is 3.05. The second-order valence-corrected chi connectivity index (χ2v) is 9.02. The summed E-state index contributed by atoms with van der Waals surface area (Å²) in [6.45, 7) is 3.95. The van der Waals surface area contributed by atoms with Crippen LogP contribution in [-0.2, 0) is 58.1 Å². The summed E-state index contributed by atoms with van der Waals surface area (Å²) in [5.74, 6) is -4.52. The Balaban J connectivity index is 1.92. The highest BCUT2D eigenvalue weighted by Gasteiger charge is 2.53. The van der Waals surface area contributed by atoms with E-state index in [9.17, 15) is 33.9 Å². The van der Waals surface area contributed by atoms with Gasteiger partial charge >= 0.3 is 23.9 Å². The van der Waals surface area contributed by atoms with Crippen LogP contribution in [0.2, 0.25) is 0 Å². The maximum absolute atomic E-state index is 13.2. The molecule has 2 heterocycles. The molecule has 1 aromatic rings. The molecule has 1 fully saturated rings. The number of aliphatic hydroxyl groups is 1. The number of ether oxygens (including phenoxy) is 5. The summed E-state index contributed by atoms with van der Waals surface area (Å²) < 4.78 is 26.9. The van der Waals surface area contributed by atoms with Crippen molar-refractivity contribution in [1.29, 1.82) is 0 Å². The summed E-state index contributed by atoms with van der Waals surface area (Å²) in [6.07, 6.45) is -7.84. The molecule has 206 valence electrons. The van der Waals surface area contributed by atoms with Crippen LogP contribution in [0.1, 0.15) is 46.1 Å². The van der Waals surface area contributed by atoms with Gasteiger partial charge in [0, 0.05) is 51.8 Å². The van der Waals surface area contributed by atoms with Crippen LogP contribution in [0.25, 0.3) is 0 Å². The molecule has 3 rings (SSSR count). The molecular formula is C25H29NO12. The minimum atomic E-state index is -2.15. The van der Waals surface area contributed by atoms with Gasteiger partial charge in [0.25, 0.3) is 5.91 Å². The fourth-order valence-electron chi connectivity index (χ4n) is 4.54. The second-order valence-electron chi connectivity index (χ2n) is 9.02. The third kappa shape index (κ3) is 6.53. The smallest absolute Gasteiger partial charge is 0.303 e. The Morgan fingerprint density at radius 2 is 1.42 bits per heavy atom. The van der Waals surface area contributed by atoms with Crippen LogP contribution < -0.4 is 5.32 Å². The molecule has 1 aromatic carbocycles. The average molecular weight is 536 g/mol. The van der Waals surface area contributed by atoms with E-state index in [2.05, 4.69) is 5.32 Å². The van der Waals surface area contributed by atoms with Crippen LogP contribution >= 0.6 is 0 Å². The van der Waals surface area contributed by atoms with Gasteiger partial charge in [-0.1, -0.05) is 18.2 Å². The Labute approximate surface area is 217 Å². The van der Waals surface area contributed by atoms with Crippen LogP contribution in [0, 0.1) is 0 Å². The number of amides is 1. The van der Waals surface area contributed by atoms with E-state index in [0.717, 1.165) is 27.7 Å². The molecule has 0 saturated carbocycles. The van der Waals surface area contributed by atoms with Gasteiger partial charge in [0.15, 0.2) is 23.9 Å². The molecule has 1 saturated heterocycles. The van der Waals surface area contributed by atoms with Gasteiger partial charge in [-0.15, -0.1) is 0 Å². The first-order valence-corrected chi connectivity index (χ1v) is 11.8. The lowest BCUT2D eigenvalue weighted by Gasteiger charge is -2.44. The Bertz CT molecular complexity index is 1130. The van der Waals surface area contributed by atoms with Crippen molar-refractivity contribution in [3.05, 3.63) is 29.8 Å². The van der Waals surface area contributed by atoms with E-state index in [0.29, 0.717) is 5.69 Å². The SMILES string of the molecule is CC(=O)OC[C@H]1O[C@@H](CC(=O)CC2(O)C(=O)Nc3ccccc32)[C@H](OC(C)=O)[C@@H](OC(C)=O)[C@@H]1OC(C)=O. The number of ketones is 1. The van der Waals surface area contributed by atoms with Crippen LogP contribution in [0.3, 0.4) is 0 Å². The van der Waals surface area contributed by atoms with Crippen molar-refractivity contribution in [2.75, 3.05) is 11.9 Å². The van der Waals surface area contributed by atoms with E-state index in [1.807, 2.05) is 0 Å². The highest BCUT2D eigenvalue weighted by molar-refractivity contribution is 6.07. The first-order chi connectivity index (χ1) is 17.8. The van der Waals surface area contributed by atoms with Gasteiger partial charge in [-0.25, -0.2) is 0 Å². The zero-order valence-electron chi connectivity index (χ0n) is 21.3. The molecule has 38 heavy (non-hydrogen) atoms. The molecule has 1 unspecified atom stereocenters. The lowest BCUT2D eigenvalue weighted by atomic mass is 9.86. The number of anilines is 1. The molecule has 1 amide bonds. The third-order valence-electron chi connectivity index (χ3n) is 5.97. The monoisotopic (exact) mass is 535 g/mol. The van der Waals surface area contributed by atoms with Crippen molar-refractivity contribution in [1.82, 2.24) is 0 Å². The molecule has 2 aliphatic rings. The number of esters is 4. The van der Waals surface area contributed by atoms with Crippen LogP contribution in [0.5, 0.6) is 0 Å². The molecule has 0 aliphatic carbocycles. The first kappa shape index (κ1) is 28.7. The van der Waals surface area contributed by atoms with Crippen LogP contribution in [0.4, 0.5) is 5.69 Å². The molecule has 2 aliphatic heterocycles. The summed E-state index contributed by atoms with van der Waals surface area (Å²) >= 11 is 0. The van der Waals surface area contributed by atoms with Gasteiger partial charge in [-0.3, -0.25) is 28.8 Å². The predicted octanol–water partition coefficient (Wildman–Crippen LogP) is 0.301. The standard InChI is InChI=1S/C25H29NO12/c1-12(27)34-11-20-22(36-14(3)29)23(37-15(4)30)21(35-13(2)28)19(38-20)9-16(31)10-25(33)17-7-5-6-8-18(17)26-24(25)32/h5-8,19-23,33H,9-11H2,1-4H3,(H,26,32)/t19-,20+,21-,22+,23+,25?/m0/s1. The van der Waals surface area contributed by atoms with E-state index >= 15 is 0 Å². The zero-order chi connectivity index (χ0) is 28.2. The molecule has 6 atom stereocenters. The first-order valence-electron chi connectivity index (χ1n) is 11.8. The number of carbonyl (C=O) groups is 6. The van der Waals surface area contributed by atoms with Crippen LogP contribution in [0.15, 0.2) is 24.3 Å². The molecule has 2 N–H and O–H groups in total. The van der Waals surface area contributed by atoms with Crippen molar-refractivity contribution in [3.8, 4) is 0 Å². The Morgan fingerprint density at radius 1 is 0.868 bits per heavy atom. The van der Waals surface area contributed by atoms with Gasteiger partial charge in [0.05, 0.1) is 0 Å². The highest BCUT2D eigenvalue weighted by Crippen LogP contribution is 2.39. The molecular weight excluding hydrogens is 506 g/mol. The van der Waals surface area contributed by atoms with Crippen molar-refractivity contribution in [2.45, 2.75) is 76.7 Å².